The van der Waals surface area contributed by atoms with Crippen molar-refractivity contribution < 1.29 is 18.1 Å². The Labute approximate surface area is 136 Å². The second-order valence-corrected chi connectivity index (χ2v) is 5.20. The summed E-state index contributed by atoms with van der Waals surface area (Å²) in [5.41, 5.74) is 1.19. The fourth-order valence-corrected chi connectivity index (χ4v) is 2.18. The van der Waals surface area contributed by atoms with Gasteiger partial charge in [0.1, 0.15) is 17.5 Å². The molecular weight excluding hydrogens is 316 g/mol. The van der Waals surface area contributed by atoms with E-state index in [4.69, 9.17) is 4.52 Å². The molecule has 5 nitrogen and oxygen atoms in total. The van der Waals surface area contributed by atoms with Crippen LogP contribution in [-0.4, -0.2) is 16.0 Å². The van der Waals surface area contributed by atoms with E-state index in [1.807, 2.05) is 13.0 Å². The molecule has 1 aromatic carbocycles. The van der Waals surface area contributed by atoms with Crippen LogP contribution in [-0.2, 0) is 11.2 Å². The Morgan fingerprint density at radius 1 is 1.21 bits per heavy atom. The van der Waals surface area contributed by atoms with Crippen LogP contribution in [0.1, 0.15) is 11.4 Å². The Morgan fingerprint density at radius 2 is 2.04 bits per heavy atom. The zero-order valence-corrected chi connectivity index (χ0v) is 12.7. The number of halogens is 2. The third-order valence-electron chi connectivity index (χ3n) is 3.25. The summed E-state index contributed by atoms with van der Waals surface area (Å²) in [6.07, 6.45) is -0.0536. The molecule has 1 amide bonds. The van der Waals surface area contributed by atoms with Gasteiger partial charge < -0.3 is 9.84 Å². The molecule has 0 unspecified atom stereocenters. The van der Waals surface area contributed by atoms with Crippen molar-refractivity contribution in [1.82, 2.24) is 10.1 Å². The summed E-state index contributed by atoms with van der Waals surface area (Å²) in [6, 6.07) is 9.85. The Hall–Kier alpha value is -3.09. The number of aromatic nitrogens is 2. The maximum absolute atomic E-state index is 13.7. The second kappa shape index (κ2) is 6.57. The molecule has 3 rings (SSSR count). The number of carbonyl (C=O) groups is 1. The standard InChI is InChI=1S/C17H13F2N3O2/c1-10-3-2-4-16(20-10)21-17(23)9-12-8-15(24-22-12)13-6-5-11(18)7-14(13)19/h2-8H,9H2,1H3,(H,20,21,23). The lowest BCUT2D eigenvalue weighted by molar-refractivity contribution is -0.115. The number of nitrogens with zero attached hydrogens (tertiary/aromatic N) is 2. The van der Waals surface area contributed by atoms with Gasteiger partial charge in [0.05, 0.1) is 17.7 Å². The van der Waals surface area contributed by atoms with Gasteiger partial charge in [0.25, 0.3) is 0 Å². The van der Waals surface area contributed by atoms with Gasteiger partial charge in [-0.2, -0.15) is 0 Å². The molecule has 0 bridgehead atoms. The van der Waals surface area contributed by atoms with Gasteiger partial charge in [-0.15, -0.1) is 0 Å². The van der Waals surface area contributed by atoms with E-state index in [0.29, 0.717) is 11.5 Å². The molecule has 0 aliphatic heterocycles. The number of hydrogen-bond donors (Lipinski definition) is 1. The van der Waals surface area contributed by atoms with Crippen molar-refractivity contribution in [3.8, 4) is 11.3 Å². The van der Waals surface area contributed by atoms with Crippen LogP contribution in [0.25, 0.3) is 11.3 Å². The molecule has 7 heteroatoms. The summed E-state index contributed by atoms with van der Waals surface area (Å²) in [6.45, 7) is 1.82. The smallest absolute Gasteiger partial charge is 0.231 e. The quantitative estimate of drug-likeness (QED) is 0.795. The number of amides is 1. The maximum atomic E-state index is 13.7. The van der Waals surface area contributed by atoms with E-state index in [1.54, 1.807) is 12.1 Å². The lowest BCUT2D eigenvalue weighted by Gasteiger charge is -2.03. The van der Waals surface area contributed by atoms with Crippen LogP contribution >= 0.6 is 0 Å². The first-order valence-corrected chi connectivity index (χ1v) is 7.16. The Morgan fingerprint density at radius 3 is 2.79 bits per heavy atom. The number of rotatable bonds is 4. The van der Waals surface area contributed by atoms with Crippen LogP contribution in [0.3, 0.4) is 0 Å². The van der Waals surface area contributed by atoms with Gasteiger partial charge in [0, 0.05) is 17.8 Å². The van der Waals surface area contributed by atoms with Gasteiger partial charge in [0.15, 0.2) is 5.76 Å². The van der Waals surface area contributed by atoms with Gasteiger partial charge in [-0.25, -0.2) is 13.8 Å². The van der Waals surface area contributed by atoms with Gasteiger partial charge in [-0.3, -0.25) is 4.79 Å². The Bertz CT molecular complexity index is 893. The minimum Gasteiger partial charge on any atom is -0.356 e. The molecule has 0 radical (unpaired) electrons. The maximum Gasteiger partial charge on any atom is 0.231 e. The highest BCUT2D eigenvalue weighted by Crippen LogP contribution is 2.24. The van der Waals surface area contributed by atoms with E-state index >= 15 is 0 Å². The molecule has 0 atom stereocenters. The van der Waals surface area contributed by atoms with E-state index in [1.165, 1.54) is 12.1 Å². The highest BCUT2D eigenvalue weighted by molar-refractivity contribution is 5.91. The lowest BCUT2D eigenvalue weighted by Crippen LogP contribution is -2.15. The number of anilines is 1. The fourth-order valence-electron chi connectivity index (χ4n) is 2.18. The first-order chi connectivity index (χ1) is 11.5. The highest BCUT2D eigenvalue weighted by atomic mass is 19.1. The van der Waals surface area contributed by atoms with Crippen LogP contribution in [0.2, 0.25) is 0 Å². The van der Waals surface area contributed by atoms with Crippen molar-refractivity contribution in [2.45, 2.75) is 13.3 Å². The molecule has 122 valence electrons. The summed E-state index contributed by atoms with van der Waals surface area (Å²) in [7, 11) is 0. The fraction of sp³-hybridized carbons (Fsp3) is 0.118. The Balaban J connectivity index is 1.70. The SMILES string of the molecule is Cc1cccc(NC(=O)Cc2cc(-c3ccc(F)cc3F)on2)n1. The van der Waals surface area contributed by atoms with Crippen molar-refractivity contribution >= 4 is 11.7 Å². The van der Waals surface area contributed by atoms with E-state index in [2.05, 4.69) is 15.5 Å². The number of aryl methyl sites for hydroxylation is 1. The van der Waals surface area contributed by atoms with E-state index < -0.39 is 11.6 Å². The summed E-state index contributed by atoms with van der Waals surface area (Å²) in [5.74, 6) is -1.20. The molecule has 0 aliphatic rings. The third kappa shape index (κ3) is 3.62. The van der Waals surface area contributed by atoms with Crippen LogP contribution in [0.5, 0.6) is 0 Å². The summed E-state index contributed by atoms with van der Waals surface area (Å²) < 4.78 is 31.7. The molecular formula is C17H13F2N3O2. The predicted octanol–water partition coefficient (Wildman–Crippen LogP) is 3.50. The minimum atomic E-state index is -0.758. The van der Waals surface area contributed by atoms with Gasteiger partial charge in [0.2, 0.25) is 5.91 Å². The predicted molar refractivity (Wildman–Crippen MR) is 83.2 cm³/mol. The highest BCUT2D eigenvalue weighted by Gasteiger charge is 2.14. The van der Waals surface area contributed by atoms with Crippen LogP contribution in [0.4, 0.5) is 14.6 Å². The first-order valence-electron chi connectivity index (χ1n) is 7.16. The van der Waals surface area contributed by atoms with E-state index in [0.717, 1.165) is 17.8 Å². The van der Waals surface area contributed by atoms with Gasteiger partial charge >= 0.3 is 0 Å². The third-order valence-corrected chi connectivity index (χ3v) is 3.25. The molecule has 0 fully saturated rings. The zero-order valence-electron chi connectivity index (χ0n) is 12.7. The van der Waals surface area contributed by atoms with Crippen LogP contribution in [0.15, 0.2) is 47.0 Å². The van der Waals surface area contributed by atoms with Crippen molar-refractivity contribution in [2.75, 3.05) is 5.32 Å². The lowest BCUT2D eigenvalue weighted by atomic mass is 10.1. The van der Waals surface area contributed by atoms with E-state index in [-0.39, 0.29) is 23.7 Å². The van der Waals surface area contributed by atoms with Crippen molar-refractivity contribution in [2.24, 2.45) is 0 Å². The molecule has 0 saturated heterocycles. The molecule has 0 saturated carbocycles. The molecule has 0 spiro atoms. The number of pyridine rings is 1. The number of nitrogens with one attached hydrogen (secondary N) is 1. The summed E-state index contributed by atoms with van der Waals surface area (Å²) in [4.78, 5) is 16.2. The molecule has 0 aliphatic carbocycles. The summed E-state index contributed by atoms with van der Waals surface area (Å²) in [5, 5.41) is 6.38. The molecule has 24 heavy (non-hydrogen) atoms. The van der Waals surface area contributed by atoms with Crippen molar-refractivity contribution in [1.29, 1.82) is 0 Å². The number of hydrogen-bond acceptors (Lipinski definition) is 4. The van der Waals surface area contributed by atoms with Crippen LogP contribution < -0.4 is 5.32 Å². The van der Waals surface area contributed by atoms with Crippen molar-refractivity contribution in [3.63, 3.8) is 0 Å². The topological polar surface area (TPSA) is 68.0 Å². The zero-order chi connectivity index (χ0) is 17.1. The normalized spacial score (nSPS) is 10.6. The monoisotopic (exact) mass is 329 g/mol. The van der Waals surface area contributed by atoms with E-state index in [9.17, 15) is 13.6 Å². The molecule has 1 N–H and O–H groups in total. The largest absolute Gasteiger partial charge is 0.356 e. The summed E-state index contributed by atoms with van der Waals surface area (Å²) >= 11 is 0. The van der Waals surface area contributed by atoms with Crippen LogP contribution in [0, 0.1) is 18.6 Å². The molecule has 2 aromatic heterocycles. The number of benzene rings is 1. The molecule has 2 heterocycles. The average molecular weight is 329 g/mol. The van der Waals surface area contributed by atoms with Gasteiger partial charge in [-0.1, -0.05) is 11.2 Å². The van der Waals surface area contributed by atoms with Crippen molar-refractivity contribution in [3.05, 3.63) is 65.5 Å². The average Bonchev–Trinajstić information content (AvgIpc) is 2.95. The first kappa shape index (κ1) is 15.8. The van der Waals surface area contributed by atoms with Gasteiger partial charge in [-0.05, 0) is 31.2 Å². The number of carbonyl (C=O) groups excluding carboxylic acids is 1. The second-order valence-electron chi connectivity index (χ2n) is 5.20. The minimum absolute atomic E-state index is 0.0536. The Kier molecular flexibility index (Phi) is 4.33. The molecule has 3 aromatic rings.